The van der Waals surface area contributed by atoms with E-state index in [1.54, 1.807) is 18.2 Å². The SMILES string of the molecule is O=C(Nc1ccccc1)OCCc1ccc2c(c1)C(=O)c1ccccc1CO2. The fourth-order valence-electron chi connectivity index (χ4n) is 3.14. The van der Waals surface area contributed by atoms with E-state index in [9.17, 15) is 9.59 Å². The Balaban J connectivity index is 1.41. The first-order valence-corrected chi connectivity index (χ1v) is 9.08. The molecule has 1 heterocycles. The summed E-state index contributed by atoms with van der Waals surface area (Å²) in [5, 5.41) is 2.67. The lowest BCUT2D eigenvalue weighted by Gasteiger charge is -2.10. The van der Waals surface area contributed by atoms with Crippen molar-refractivity contribution in [3.8, 4) is 5.75 Å². The fraction of sp³-hybridized carbons (Fsp3) is 0.130. The molecule has 0 spiro atoms. The highest BCUT2D eigenvalue weighted by Gasteiger charge is 2.22. The Morgan fingerprint density at radius 2 is 1.75 bits per heavy atom. The van der Waals surface area contributed by atoms with Crippen molar-refractivity contribution in [2.45, 2.75) is 13.0 Å². The molecule has 0 fully saturated rings. The maximum Gasteiger partial charge on any atom is 0.411 e. The highest BCUT2D eigenvalue weighted by molar-refractivity contribution is 6.12. The van der Waals surface area contributed by atoms with Crippen LogP contribution in [0.1, 0.15) is 27.0 Å². The quantitative estimate of drug-likeness (QED) is 0.726. The lowest BCUT2D eigenvalue weighted by molar-refractivity contribution is 0.103. The summed E-state index contributed by atoms with van der Waals surface area (Å²) in [7, 11) is 0. The normalized spacial score (nSPS) is 12.2. The molecule has 1 aliphatic rings. The van der Waals surface area contributed by atoms with E-state index < -0.39 is 6.09 Å². The Morgan fingerprint density at radius 1 is 0.964 bits per heavy atom. The van der Waals surface area contributed by atoms with Gasteiger partial charge in [0, 0.05) is 23.2 Å². The first-order chi connectivity index (χ1) is 13.7. The molecule has 140 valence electrons. The lowest BCUT2D eigenvalue weighted by Crippen LogP contribution is -2.15. The predicted molar refractivity (Wildman–Crippen MR) is 106 cm³/mol. The Hall–Kier alpha value is -3.60. The van der Waals surface area contributed by atoms with E-state index in [0.717, 1.165) is 11.1 Å². The smallest absolute Gasteiger partial charge is 0.411 e. The molecule has 0 radical (unpaired) electrons. The highest BCUT2D eigenvalue weighted by atomic mass is 16.5. The van der Waals surface area contributed by atoms with Crippen LogP contribution < -0.4 is 10.1 Å². The van der Waals surface area contributed by atoms with Crippen LogP contribution in [0.5, 0.6) is 5.75 Å². The number of anilines is 1. The third kappa shape index (κ3) is 3.88. The molecule has 0 saturated carbocycles. The van der Waals surface area contributed by atoms with Crippen LogP contribution in [0.15, 0.2) is 72.8 Å². The van der Waals surface area contributed by atoms with Gasteiger partial charge < -0.3 is 9.47 Å². The van der Waals surface area contributed by atoms with Crippen LogP contribution in [0, 0.1) is 0 Å². The van der Waals surface area contributed by atoms with Gasteiger partial charge in [0.15, 0.2) is 5.78 Å². The van der Waals surface area contributed by atoms with Gasteiger partial charge in [-0.2, -0.15) is 0 Å². The lowest BCUT2D eigenvalue weighted by atomic mass is 9.97. The second kappa shape index (κ2) is 7.96. The minimum atomic E-state index is -0.505. The number of benzene rings is 3. The summed E-state index contributed by atoms with van der Waals surface area (Å²) < 4.78 is 11.0. The number of ether oxygens (including phenoxy) is 2. The number of carbonyl (C=O) groups excluding carboxylic acids is 2. The number of carbonyl (C=O) groups is 2. The Morgan fingerprint density at radius 3 is 2.61 bits per heavy atom. The van der Waals surface area contributed by atoms with Crippen molar-refractivity contribution < 1.29 is 19.1 Å². The van der Waals surface area contributed by atoms with Crippen molar-refractivity contribution in [1.29, 1.82) is 0 Å². The minimum Gasteiger partial charge on any atom is -0.488 e. The van der Waals surface area contributed by atoms with Gasteiger partial charge in [0.2, 0.25) is 0 Å². The first kappa shape index (κ1) is 17.8. The predicted octanol–water partition coefficient (Wildman–Crippen LogP) is 4.60. The molecule has 0 aromatic heterocycles. The van der Waals surface area contributed by atoms with Crippen molar-refractivity contribution in [1.82, 2.24) is 0 Å². The van der Waals surface area contributed by atoms with Crippen molar-refractivity contribution in [3.63, 3.8) is 0 Å². The second-order valence-electron chi connectivity index (χ2n) is 6.48. The molecule has 5 heteroatoms. The van der Waals surface area contributed by atoms with Gasteiger partial charge in [0.1, 0.15) is 12.4 Å². The number of amides is 1. The number of hydrogen-bond donors (Lipinski definition) is 1. The van der Waals surface area contributed by atoms with Gasteiger partial charge in [-0.3, -0.25) is 10.1 Å². The molecule has 1 aliphatic heterocycles. The molecule has 1 amide bonds. The van der Waals surface area contributed by atoms with E-state index in [0.29, 0.717) is 35.6 Å². The monoisotopic (exact) mass is 373 g/mol. The van der Waals surface area contributed by atoms with Crippen LogP contribution >= 0.6 is 0 Å². The summed E-state index contributed by atoms with van der Waals surface area (Å²) in [5.41, 5.74) is 3.67. The summed E-state index contributed by atoms with van der Waals surface area (Å²) in [5.74, 6) is 0.528. The van der Waals surface area contributed by atoms with Crippen LogP contribution in [0.3, 0.4) is 0 Å². The average Bonchev–Trinajstić information content (AvgIpc) is 2.86. The van der Waals surface area contributed by atoms with Gasteiger partial charge in [0.25, 0.3) is 0 Å². The third-order valence-electron chi connectivity index (χ3n) is 4.58. The molecule has 5 nitrogen and oxygen atoms in total. The molecule has 0 atom stereocenters. The van der Waals surface area contributed by atoms with Crippen LogP contribution in [-0.2, 0) is 17.8 Å². The average molecular weight is 373 g/mol. The molecule has 0 bridgehead atoms. The maximum atomic E-state index is 12.9. The molecule has 0 aliphatic carbocycles. The van der Waals surface area contributed by atoms with Gasteiger partial charge in [-0.15, -0.1) is 0 Å². The van der Waals surface area contributed by atoms with E-state index in [1.807, 2.05) is 54.6 Å². The molecule has 3 aromatic rings. The Bertz CT molecular complexity index is 1010. The van der Waals surface area contributed by atoms with E-state index in [4.69, 9.17) is 9.47 Å². The number of ketones is 1. The van der Waals surface area contributed by atoms with Crippen LogP contribution in [0.25, 0.3) is 0 Å². The van der Waals surface area contributed by atoms with Crippen LogP contribution in [-0.4, -0.2) is 18.5 Å². The summed E-state index contributed by atoms with van der Waals surface area (Å²) in [6.45, 7) is 0.583. The number of para-hydroxylation sites is 1. The molecule has 0 unspecified atom stereocenters. The molecule has 3 aromatic carbocycles. The van der Waals surface area contributed by atoms with Gasteiger partial charge in [-0.05, 0) is 29.8 Å². The van der Waals surface area contributed by atoms with Crippen LogP contribution in [0.2, 0.25) is 0 Å². The van der Waals surface area contributed by atoms with Gasteiger partial charge in [-0.25, -0.2) is 4.79 Å². The Kier molecular flexibility index (Phi) is 5.06. The number of nitrogens with one attached hydrogen (secondary N) is 1. The van der Waals surface area contributed by atoms with Crippen molar-refractivity contribution in [3.05, 3.63) is 95.1 Å². The zero-order valence-corrected chi connectivity index (χ0v) is 15.2. The summed E-state index contributed by atoms with van der Waals surface area (Å²) in [4.78, 5) is 24.8. The van der Waals surface area contributed by atoms with E-state index >= 15 is 0 Å². The van der Waals surface area contributed by atoms with Crippen molar-refractivity contribution in [2.24, 2.45) is 0 Å². The number of hydrogen-bond acceptors (Lipinski definition) is 4. The van der Waals surface area contributed by atoms with Crippen molar-refractivity contribution in [2.75, 3.05) is 11.9 Å². The van der Waals surface area contributed by atoms with E-state index in [-0.39, 0.29) is 12.4 Å². The standard InChI is InChI=1S/C23H19NO4/c25-22-19-9-5-4-6-17(19)15-28-21-11-10-16(14-20(21)22)12-13-27-23(26)24-18-7-2-1-3-8-18/h1-11,14H,12-13,15H2,(H,24,26). The van der Waals surface area contributed by atoms with Crippen LogP contribution in [0.4, 0.5) is 10.5 Å². The first-order valence-electron chi connectivity index (χ1n) is 9.08. The number of rotatable bonds is 4. The van der Waals surface area contributed by atoms with E-state index in [1.165, 1.54) is 0 Å². The third-order valence-corrected chi connectivity index (χ3v) is 4.58. The molecular weight excluding hydrogens is 354 g/mol. The van der Waals surface area contributed by atoms with E-state index in [2.05, 4.69) is 5.32 Å². The number of fused-ring (bicyclic) bond motifs is 2. The fourth-order valence-corrected chi connectivity index (χ4v) is 3.14. The summed E-state index contributed by atoms with van der Waals surface area (Å²) >= 11 is 0. The molecule has 28 heavy (non-hydrogen) atoms. The van der Waals surface area contributed by atoms with Crippen molar-refractivity contribution >= 4 is 17.6 Å². The van der Waals surface area contributed by atoms with Gasteiger partial charge >= 0.3 is 6.09 Å². The van der Waals surface area contributed by atoms with Gasteiger partial charge in [-0.1, -0.05) is 48.5 Å². The zero-order valence-electron chi connectivity index (χ0n) is 15.2. The Labute approximate surface area is 162 Å². The minimum absolute atomic E-state index is 0.0484. The summed E-state index contributed by atoms with van der Waals surface area (Å²) in [6, 6.07) is 22.1. The largest absolute Gasteiger partial charge is 0.488 e. The summed E-state index contributed by atoms with van der Waals surface area (Å²) in [6.07, 6.45) is -0.000899. The highest BCUT2D eigenvalue weighted by Crippen LogP contribution is 2.29. The zero-order chi connectivity index (χ0) is 19.3. The molecule has 1 N–H and O–H groups in total. The maximum absolute atomic E-state index is 12.9. The second-order valence-corrected chi connectivity index (χ2v) is 6.48. The molecule has 4 rings (SSSR count). The topological polar surface area (TPSA) is 64.6 Å². The molecule has 0 saturated heterocycles. The molecular formula is C23H19NO4. The van der Waals surface area contributed by atoms with Gasteiger partial charge in [0.05, 0.1) is 12.2 Å².